The number of methoxy groups -OCH3 is 1. The second-order valence-electron chi connectivity index (χ2n) is 7.59. The number of nitrogens with zero attached hydrogens (tertiary/aromatic N) is 2. The predicted octanol–water partition coefficient (Wildman–Crippen LogP) is 4.36. The molecule has 3 rings (SSSR count). The number of amides is 1. The van der Waals surface area contributed by atoms with Crippen LogP contribution in [0, 0.1) is 0 Å². The van der Waals surface area contributed by atoms with Gasteiger partial charge in [-0.15, -0.1) is 16.9 Å². The van der Waals surface area contributed by atoms with Crippen molar-refractivity contribution in [1.29, 1.82) is 0 Å². The molecule has 0 aliphatic carbocycles. The van der Waals surface area contributed by atoms with Crippen LogP contribution in [0.25, 0.3) is 0 Å². The molecule has 0 aliphatic heterocycles. The number of anilines is 1. The molecule has 33 heavy (non-hydrogen) atoms. The highest BCUT2D eigenvalue weighted by molar-refractivity contribution is 7.99. The average Bonchev–Trinajstić information content (AvgIpc) is 3.24. The van der Waals surface area contributed by atoms with Crippen LogP contribution in [-0.4, -0.2) is 42.6 Å². The van der Waals surface area contributed by atoms with E-state index < -0.39 is 15.1 Å². The van der Waals surface area contributed by atoms with Gasteiger partial charge >= 0.3 is 6.01 Å². The maximum absolute atomic E-state index is 12.2. The maximum Gasteiger partial charge on any atom is 0.322 e. The van der Waals surface area contributed by atoms with Crippen LogP contribution in [0.4, 0.5) is 6.01 Å². The van der Waals surface area contributed by atoms with Crippen LogP contribution in [0.3, 0.4) is 0 Å². The molecule has 0 aliphatic rings. The minimum atomic E-state index is -3.31. The highest BCUT2D eigenvalue weighted by Crippen LogP contribution is 2.22. The number of carbonyl (C=O) groups is 1. The van der Waals surface area contributed by atoms with Crippen LogP contribution in [0.1, 0.15) is 38.1 Å². The van der Waals surface area contributed by atoms with Gasteiger partial charge in [-0.05, 0) is 68.0 Å². The molecule has 1 N–H and O–H groups in total. The molecule has 1 heterocycles. The molecule has 0 bridgehead atoms. The molecule has 0 radical (unpaired) electrons. The minimum absolute atomic E-state index is 0.0526. The van der Waals surface area contributed by atoms with Crippen molar-refractivity contribution in [1.82, 2.24) is 10.2 Å². The van der Waals surface area contributed by atoms with E-state index >= 15 is 0 Å². The van der Waals surface area contributed by atoms with Gasteiger partial charge in [-0.2, -0.15) is 0 Å². The Balaban J connectivity index is 1.43. The molecule has 0 spiro atoms. The zero-order valence-corrected chi connectivity index (χ0v) is 20.4. The number of sulfone groups is 1. The third-order valence-corrected chi connectivity index (χ3v) is 8.09. The molecular weight excluding hydrogens is 462 g/mol. The van der Waals surface area contributed by atoms with Crippen LogP contribution in [0.5, 0.6) is 5.75 Å². The first kappa shape index (κ1) is 24.8. The quantitative estimate of drug-likeness (QED) is 0.312. The van der Waals surface area contributed by atoms with Gasteiger partial charge in [0.25, 0.3) is 0 Å². The van der Waals surface area contributed by atoms with Crippen molar-refractivity contribution in [3.63, 3.8) is 0 Å². The lowest BCUT2D eigenvalue weighted by molar-refractivity contribution is -0.116. The Morgan fingerprint density at radius 2 is 1.79 bits per heavy atom. The van der Waals surface area contributed by atoms with E-state index in [1.54, 1.807) is 57.0 Å². The van der Waals surface area contributed by atoms with Crippen LogP contribution < -0.4 is 10.1 Å². The first-order valence-corrected chi connectivity index (χ1v) is 13.0. The Morgan fingerprint density at radius 3 is 2.42 bits per heavy atom. The summed E-state index contributed by atoms with van der Waals surface area (Å²) in [5.41, 5.74) is 0.829. The van der Waals surface area contributed by atoms with Crippen LogP contribution in [0.2, 0.25) is 0 Å². The third kappa shape index (κ3) is 7.06. The van der Waals surface area contributed by atoms with Crippen molar-refractivity contribution in [3.8, 4) is 5.75 Å². The van der Waals surface area contributed by atoms with E-state index in [1.807, 2.05) is 24.3 Å². The predicted molar refractivity (Wildman–Crippen MR) is 127 cm³/mol. The monoisotopic (exact) mass is 489 g/mol. The smallest absolute Gasteiger partial charge is 0.322 e. The Labute approximate surface area is 198 Å². The SMILES string of the molecule is COc1ccc(SCCCC(=O)Nc2nnc(Cc3ccc(S(=O)(=O)C(C)C)cc3)o2)cc1. The van der Waals surface area contributed by atoms with Gasteiger partial charge in [-0.25, -0.2) is 8.42 Å². The van der Waals surface area contributed by atoms with E-state index in [1.165, 1.54) is 0 Å². The van der Waals surface area contributed by atoms with Gasteiger partial charge in [0, 0.05) is 11.3 Å². The normalized spacial score (nSPS) is 11.5. The Bertz CT molecular complexity index is 1160. The molecule has 8 nitrogen and oxygen atoms in total. The Kier molecular flexibility index (Phi) is 8.51. The number of ether oxygens (including phenoxy) is 1. The van der Waals surface area contributed by atoms with Crippen molar-refractivity contribution in [2.45, 2.75) is 48.2 Å². The largest absolute Gasteiger partial charge is 0.497 e. The molecule has 1 amide bonds. The van der Waals surface area contributed by atoms with E-state index in [-0.39, 0.29) is 16.8 Å². The highest BCUT2D eigenvalue weighted by atomic mass is 32.2. The molecule has 0 saturated carbocycles. The Hall–Kier alpha value is -2.85. The first-order valence-electron chi connectivity index (χ1n) is 10.5. The second-order valence-corrected chi connectivity index (χ2v) is 11.3. The van der Waals surface area contributed by atoms with E-state index in [9.17, 15) is 13.2 Å². The fourth-order valence-corrected chi connectivity index (χ4v) is 4.81. The molecule has 0 saturated heterocycles. The fraction of sp³-hybridized carbons (Fsp3) is 0.348. The van der Waals surface area contributed by atoms with Crippen LogP contribution in [-0.2, 0) is 21.1 Å². The highest BCUT2D eigenvalue weighted by Gasteiger charge is 2.19. The molecule has 1 aromatic heterocycles. The van der Waals surface area contributed by atoms with E-state index in [0.717, 1.165) is 22.0 Å². The summed E-state index contributed by atoms with van der Waals surface area (Å²) in [5.74, 6) is 1.76. The number of benzene rings is 2. The summed E-state index contributed by atoms with van der Waals surface area (Å²) in [6.07, 6.45) is 1.38. The van der Waals surface area contributed by atoms with Crippen molar-refractivity contribution in [2.75, 3.05) is 18.2 Å². The number of hydrogen-bond acceptors (Lipinski definition) is 8. The lowest BCUT2D eigenvalue weighted by Crippen LogP contribution is -2.13. The zero-order chi connectivity index (χ0) is 23.8. The summed E-state index contributed by atoms with van der Waals surface area (Å²) in [7, 11) is -1.68. The van der Waals surface area contributed by atoms with Crippen molar-refractivity contribution in [2.24, 2.45) is 0 Å². The second kappa shape index (κ2) is 11.3. The van der Waals surface area contributed by atoms with E-state index in [4.69, 9.17) is 9.15 Å². The number of nitrogens with one attached hydrogen (secondary N) is 1. The summed E-state index contributed by atoms with van der Waals surface area (Å²) in [4.78, 5) is 13.5. The van der Waals surface area contributed by atoms with Crippen molar-refractivity contribution >= 4 is 33.5 Å². The number of carbonyl (C=O) groups excluding carboxylic acids is 1. The van der Waals surface area contributed by atoms with E-state index in [2.05, 4.69) is 15.5 Å². The topological polar surface area (TPSA) is 111 Å². The van der Waals surface area contributed by atoms with Gasteiger partial charge in [0.1, 0.15) is 5.75 Å². The molecule has 3 aromatic rings. The van der Waals surface area contributed by atoms with Gasteiger partial charge in [-0.3, -0.25) is 10.1 Å². The average molecular weight is 490 g/mol. The van der Waals surface area contributed by atoms with Gasteiger partial charge in [-0.1, -0.05) is 17.2 Å². The van der Waals surface area contributed by atoms with Crippen LogP contribution >= 0.6 is 11.8 Å². The van der Waals surface area contributed by atoms with Gasteiger partial charge in [0.15, 0.2) is 9.84 Å². The molecule has 10 heteroatoms. The number of hydrogen-bond donors (Lipinski definition) is 1. The minimum Gasteiger partial charge on any atom is -0.497 e. The van der Waals surface area contributed by atoms with Crippen molar-refractivity contribution < 1.29 is 22.4 Å². The summed E-state index contributed by atoms with van der Waals surface area (Å²) >= 11 is 1.67. The fourth-order valence-electron chi connectivity index (χ4n) is 2.90. The molecule has 0 fully saturated rings. The summed E-state index contributed by atoms with van der Waals surface area (Å²) in [6.45, 7) is 3.30. The number of rotatable bonds is 11. The maximum atomic E-state index is 12.2. The zero-order valence-electron chi connectivity index (χ0n) is 18.8. The number of aromatic nitrogens is 2. The standard InChI is InChI=1S/C23H27N3O5S2/c1-16(2)33(28,29)20-12-6-17(7-13-20)15-22-25-26-23(31-22)24-21(27)5-4-14-32-19-10-8-18(30-3)9-11-19/h6-13,16H,4-5,14-15H2,1-3H3,(H,24,26,27). The molecule has 2 aromatic carbocycles. The number of thioether (sulfide) groups is 1. The Morgan fingerprint density at radius 1 is 1.09 bits per heavy atom. The first-order chi connectivity index (χ1) is 15.8. The van der Waals surface area contributed by atoms with Crippen molar-refractivity contribution in [3.05, 3.63) is 60.0 Å². The molecule has 0 atom stereocenters. The van der Waals surface area contributed by atoms with Gasteiger partial charge in [0.05, 0.1) is 23.7 Å². The molecule has 176 valence electrons. The van der Waals surface area contributed by atoms with E-state index in [0.29, 0.717) is 25.2 Å². The summed E-state index contributed by atoms with van der Waals surface area (Å²) in [6, 6.07) is 14.4. The third-order valence-electron chi connectivity index (χ3n) is 4.82. The van der Waals surface area contributed by atoms with Gasteiger partial charge in [0.2, 0.25) is 11.8 Å². The lowest BCUT2D eigenvalue weighted by Gasteiger charge is -2.08. The van der Waals surface area contributed by atoms with Crippen LogP contribution in [0.15, 0.2) is 62.7 Å². The molecular formula is C23H27N3O5S2. The van der Waals surface area contributed by atoms with Gasteiger partial charge < -0.3 is 9.15 Å². The molecule has 0 unspecified atom stereocenters. The lowest BCUT2D eigenvalue weighted by atomic mass is 10.1. The summed E-state index contributed by atoms with van der Waals surface area (Å²) in [5, 5.41) is 9.95. The summed E-state index contributed by atoms with van der Waals surface area (Å²) < 4.78 is 35.1.